The fourth-order valence-corrected chi connectivity index (χ4v) is 3.03. The number of methoxy groups -OCH3 is 1. The van der Waals surface area contributed by atoms with Crippen molar-refractivity contribution < 1.29 is 14.6 Å². The first kappa shape index (κ1) is 14.6. The van der Waals surface area contributed by atoms with E-state index in [1.165, 1.54) is 12.0 Å². The zero-order chi connectivity index (χ0) is 12.8. The molecule has 1 unspecified atom stereocenters. The highest BCUT2D eigenvalue weighted by molar-refractivity contribution is 9.11. The smallest absolute Gasteiger partial charge is 0.308 e. The van der Waals surface area contributed by atoms with Crippen molar-refractivity contribution in [3.8, 4) is 0 Å². The van der Waals surface area contributed by atoms with Crippen LogP contribution in [0.1, 0.15) is 11.3 Å². The predicted octanol–water partition coefficient (Wildman–Crippen LogP) is 1.87. The maximum absolute atomic E-state index is 11.0. The molecule has 0 radical (unpaired) electrons. The van der Waals surface area contributed by atoms with Crippen LogP contribution < -0.4 is 0 Å². The first-order valence-corrected chi connectivity index (χ1v) is 6.80. The summed E-state index contributed by atoms with van der Waals surface area (Å²) < 4.78 is 5.60. The molecule has 1 N–H and O–H groups in total. The van der Waals surface area contributed by atoms with Gasteiger partial charge in [-0.2, -0.15) is 0 Å². The molecule has 1 aromatic rings. The van der Waals surface area contributed by atoms with Crippen LogP contribution in [0.3, 0.4) is 0 Å². The zero-order valence-electron chi connectivity index (χ0n) is 9.85. The van der Waals surface area contributed by atoms with Gasteiger partial charge in [-0.05, 0) is 35.1 Å². The summed E-state index contributed by atoms with van der Waals surface area (Å²) in [5.41, 5.74) is 0. The average Bonchev–Trinajstić information content (AvgIpc) is 2.63. The van der Waals surface area contributed by atoms with Crippen molar-refractivity contribution in [1.29, 1.82) is 0 Å². The molecule has 0 spiro atoms. The Morgan fingerprint density at radius 3 is 2.88 bits per heavy atom. The lowest BCUT2D eigenvalue weighted by Gasteiger charge is -2.19. The molecular weight excluding hydrogens is 306 g/mol. The van der Waals surface area contributed by atoms with E-state index in [9.17, 15) is 9.90 Å². The third-order valence-corrected chi connectivity index (χ3v) is 3.82. The minimum atomic E-state index is -0.684. The van der Waals surface area contributed by atoms with Crippen LogP contribution in [0.4, 0.5) is 0 Å². The molecule has 1 heterocycles. The van der Waals surface area contributed by atoms with Crippen LogP contribution >= 0.6 is 27.3 Å². The third-order valence-electron chi connectivity index (χ3n) is 2.21. The number of likely N-dealkylation sites (N-methyl/N-ethyl adjacent to an activating group) is 1. The number of carbonyl (C=O) groups excluding carboxylic acids is 1. The molecule has 0 fully saturated rings. The van der Waals surface area contributed by atoms with Gasteiger partial charge in [0.25, 0.3) is 0 Å². The van der Waals surface area contributed by atoms with Crippen LogP contribution in [-0.4, -0.2) is 42.8 Å². The summed E-state index contributed by atoms with van der Waals surface area (Å²) in [6, 6.07) is 4.04. The molecule has 0 bridgehead atoms. The van der Waals surface area contributed by atoms with Gasteiger partial charge in [0.2, 0.25) is 0 Å². The van der Waals surface area contributed by atoms with Crippen LogP contribution in [0, 0.1) is 0 Å². The van der Waals surface area contributed by atoms with E-state index in [2.05, 4.69) is 20.7 Å². The number of esters is 1. The van der Waals surface area contributed by atoms with Gasteiger partial charge in [0.1, 0.15) is 0 Å². The zero-order valence-corrected chi connectivity index (χ0v) is 12.3. The number of hydrogen-bond acceptors (Lipinski definition) is 5. The van der Waals surface area contributed by atoms with Crippen molar-refractivity contribution in [1.82, 2.24) is 4.90 Å². The Balaban J connectivity index is 2.33. The third kappa shape index (κ3) is 5.63. The van der Waals surface area contributed by atoms with Gasteiger partial charge in [-0.1, -0.05) is 0 Å². The SMILES string of the molecule is COC(=O)CC(O)CN(C)Cc1ccc(Br)s1. The maximum Gasteiger partial charge on any atom is 0.308 e. The van der Waals surface area contributed by atoms with Gasteiger partial charge >= 0.3 is 5.97 Å². The fraction of sp³-hybridized carbons (Fsp3) is 0.545. The second-order valence-electron chi connectivity index (χ2n) is 3.84. The summed E-state index contributed by atoms with van der Waals surface area (Å²) in [7, 11) is 3.23. The quantitative estimate of drug-likeness (QED) is 0.813. The Morgan fingerprint density at radius 1 is 1.65 bits per heavy atom. The molecule has 17 heavy (non-hydrogen) atoms. The van der Waals surface area contributed by atoms with Crippen molar-refractivity contribution in [2.75, 3.05) is 20.7 Å². The molecule has 0 saturated carbocycles. The Morgan fingerprint density at radius 2 is 2.35 bits per heavy atom. The van der Waals surface area contributed by atoms with Gasteiger partial charge in [-0.25, -0.2) is 0 Å². The van der Waals surface area contributed by atoms with Crippen molar-refractivity contribution in [2.24, 2.45) is 0 Å². The maximum atomic E-state index is 11.0. The van der Waals surface area contributed by atoms with Crippen LogP contribution in [0.15, 0.2) is 15.9 Å². The second kappa shape index (κ2) is 7.10. The van der Waals surface area contributed by atoms with Crippen molar-refractivity contribution >= 4 is 33.2 Å². The fourth-order valence-electron chi connectivity index (χ4n) is 1.47. The van der Waals surface area contributed by atoms with Gasteiger partial charge in [0, 0.05) is 18.0 Å². The standard InChI is InChI=1S/C11H16BrNO3S/c1-13(6-8(14)5-11(15)16-2)7-9-3-4-10(12)17-9/h3-4,8,14H,5-7H2,1-2H3. The number of halogens is 1. The summed E-state index contributed by atoms with van der Waals surface area (Å²) in [5, 5.41) is 9.66. The van der Waals surface area contributed by atoms with Gasteiger partial charge in [0.15, 0.2) is 0 Å². The van der Waals surface area contributed by atoms with Gasteiger partial charge in [-0.15, -0.1) is 11.3 Å². The molecule has 96 valence electrons. The molecule has 0 aliphatic rings. The monoisotopic (exact) mass is 321 g/mol. The minimum absolute atomic E-state index is 0.0367. The second-order valence-corrected chi connectivity index (χ2v) is 6.38. The number of aliphatic hydroxyl groups excluding tert-OH is 1. The molecule has 1 atom stereocenters. The number of rotatable bonds is 6. The molecule has 0 amide bonds. The summed E-state index contributed by atoms with van der Waals surface area (Å²) in [6.07, 6.45) is -0.648. The van der Waals surface area contributed by atoms with E-state index in [-0.39, 0.29) is 12.4 Å². The van der Waals surface area contributed by atoms with Crippen LogP contribution in [-0.2, 0) is 16.1 Å². The summed E-state index contributed by atoms with van der Waals surface area (Å²) in [5.74, 6) is -0.384. The molecule has 0 aliphatic heterocycles. The minimum Gasteiger partial charge on any atom is -0.469 e. The topological polar surface area (TPSA) is 49.8 Å². The lowest BCUT2D eigenvalue weighted by Crippen LogP contribution is -2.30. The van der Waals surface area contributed by atoms with E-state index in [0.29, 0.717) is 6.54 Å². The van der Waals surface area contributed by atoms with E-state index in [0.717, 1.165) is 10.3 Å². The van der Waals surface area contributed by atoms with Crippen LogP contribution in [0.25, 0.3) is 0 Å². The lowest BCUT2D eigenvalue weighted by molar-refractivity contribution is -0.143. The summed E-state index contributed by atoms with van der Waals surface area (Å²) >= 11 is 5.07. The predicted molar refractivity (Wildman–Crippen MR) is 71.0 cm³/mol. The van der Waals surface area contributed by atoms with Crippen molar-refractivity contribution in [3.63, 3.8) is 0 Å². The highest BCUT2D eigenvalue weighted by Crippen LogP contribution is 2.22. The first-order valence-electron chi connectivity index (χ1n) is 5.19. The highest BCUT2D eigenvalue weighted by atomic mass is 79.9. The number of thiophene rings is 1. The first-order chi connectivity index (χ1) is 8.01. The highest BCUT2D eigenvalue weighted by Gasteiger charge is 2.13. The Labute approximate surface area is 113 Å². The summed E-state index contributed by atoms with van der Waals surface area (Å²) in [4.78, 5) is 14.2. The molecule has 1 rings (SSSR count). The van der Waals surface area contributed by atoms with E-state index < -0.39 is 6.10 Å². The number of carbonyl (C=O) groups is 1. The van der Waals surface area contributed by atoms with Gasteiger partial charge < -0.3 is 9.84 Å². The number of aliphatic hydroxyl groups is 1. The van der Waals surface area contributed by atoms with Crippen LogP contribution in [0.2, 0.25) is 0 Å². The Kier molecular flexibility index (Phi) is 6.11. The molecule has 0 aromatic carbocycles. The number of ether oxygens (including phenoxy) is 1. The lowest BCUT2D eigenvalue weighted by atomic mass is 10.2. The van der Waals surface area contributed by atoms with E-state index in [4.69, 9.17) is 0 Å². The number of hydrogen-bond donors (Lipinski definition) is 1. The van der Waals surface area contributed by atoms with Gasteiger partial charge in [0.05, 0.1) is 23.4 Å². The Bertz CT molecular complexity index is 369. The van der Waals surface area contributed by atoms with Gasteiger partial charge in [-0.3, -0.25) is 9.69 Å². The number of nitrogens with zero attached hydrogens (tertiary/aromatic N) is 1. The molecule has 4 nitrogen and oxygen atoms in total. The molecule has 0 saturated heterocycles. The van der Waals surface area contributed by atoms with Crippen molar-refractivity contribution in [3.05, 3.63) is 20.8 Å². The largest absolute Gasteiger partial charge is 0.469 e. The van der Waals surface area contributed by atoms with Crippen molar-refractivity contribution in [2.45, 2.75) is 19.1 Å². The molecule has 1 aromatic heterocycles. The average molecular weight is 322 g/mol. The molecule has 6 heteroatoms. The molecular formula is C11H16BrNO3S. The molecule has 0 aliphatic carbocycles. The van der Waals surface area contributed by atoms with E-state index in [1.807, 2.05) is 24.1 Å². The van der Waals surface area contributed by atoms with Crippen LogP contribution in [0.5, 0.6) is 0 Å². The van der Waals surface area contributed by atoms with E-state index in [1.54, 1.807) is 11.3 Å². The Hall–Kier alpha value is -0.430. The summed E-state index contributed by atoms with van der Waals surface area (Å²) in [6.45, 7) is 1.21. The normalized spacial score (nSPS) is 12.8. The van der Waals surface area contributed by atoms with E-state index >= 15 is 0 Å².